The number of anilines is 1. The first-order valence-electron chi connectivity index (χ1n) is 10.4. The van der Waals surface area contributed by atoms with Crippen LogP contribution < -0.4 is 10.1 Å². The Kier molecular flexibility index (Phi) is 5.00. The molecule has 1 unspecified atom stereocenters. The summed E-state index contributed by atoms with van der Waals surface area (Å²) >= 11 is 0. The van der Waals surface area contributed by atoms with Crippen molar-refractivity contribution in [3.05, 3.63) is 101 Å². The predicted octanol–water partition coefficient (Wildman–Crippen LogP) is 5.44. The average Bonchev–Trinajstić information content (AvgIpc) is 3.23. The Morgan fingerprint density at radius 2 is 1.71 bits per heavy atom. The van der Waals surface area contributed by atoms with Gasteiger partial charge in [0.15, 0.2) is 5.82 Å². The van der Waals surface area contributed by atoms with E-state index in [1.165, 1.54) is 5.56 Å². The number of aryl methyl sites for hydroxylation is 1. The van der Waals surface area contributed by atoms with Crippen LogP contribution in [0.1, 0.15) is 34.6 Å². The second kappa shape index (κ2) is 8.11. The maximum atomic E-state index is 12.3. The van der Waals surface area contributed by atoms with Crippen molar-refractivity contribution in [2.45, 2.75) is 25.9 Å². The van der Waals surface area contributed by atoms with Gasteiger partial charge in [-0.2, -0.15) is 5.10 Å². The normalized spacial score (nSPS) is 15.3. The van der Waals surface area contributed by atoms with Gasteiger partial charge >= 0.3 is 0 Å². The maximum absolute atomic E-state index is 12.3. The molecule has 154 valence electrons. The van der Waals surface area contributed by atoms with Crippen LogP contribution in [0.2, 0.25) is 0 Å². The summed E-state index contributed by atoms with van der Waals surface area (Å²) in [6.07, 6.45) is 0.385. The minimum atomic E-state index is -0.0659. The van der Waals surface area contributed by atoms with Crippen molar-refractivity contribution in [3.63, 3.8) is 0 Å². The topological polar surface area (TPSA) is 67.0 Å². The van der Waals surface area contributed by atoms with Crippen LogP contribution in [0.4, 0.5) is 5.82 Å². The SMILES string of the molecule is Cc1ccc(COc2ccc(C3CC(=O)Nc4n[nH]c(-c5ccccc5)c43)cc2)cc1. The quantitative estimate of drug-likeness (QED) is 0.461. The summed E-state index contributed by atoms with van der Waals surface area (Å²) in [5.41, 5.74) is 6.46. The van der Waals surface area contributed by atoms with Crippen LogP contribution >= 0.6 is 0 Å². The van der Waals surface area contributed by atoms with Gasteiger partial charge in [-0.15, -0.1) is 0 Å². The number of aromatic amines is 1. The van der Waals surface area contributed by atoms with E-state index < -0.39 is 0 Å². The lowest BCUT2D eigenvalue weighted by Gasteiger charge is -2.23. The number of nitrogens with zero attached hydrogens (tertiary/aromatic N) is 1. The Balaban J connectivity index is 1.40. The summed E-state index contributed by atoms with van der Waals surface area (Å²) in [6.45, 7) is 2.60. The molecule has 31 heavy (non-hydrogen) atoms. The van der Waals surface area contributed by atoms with E-state index in [0.717, 1.165) is 33.7 Å². The van der Waals surface area contributed by atoms with Gasteiger partial charge < -0.3 is 10.1 Å². The van der Waals surface area contributed by atoms with E-state index in [0.29, 0.717) is 18.8 Å². The van der Waals surface area contributed by atoms with Crippen LogP contribution in [0.25, 0.3) is 11.3 Å². The standard InChI is InChI=1S/C26H23N3O2/c1-17-7-9-18(10-8-17)16-31-21-13-11-19(12-14-21)22-15-23(30)27-26-24(22)25(28-29-26)20-5-3-2-4-6-20/h2-14,22H,15-16H2,1H3,(H2,27,28,29,30). The molecule has 0 aliphatic carbocycles. The second-order valence-corrected chi connectivity index (χ2v) is 7.88. The number of amides is 1. The highest BCUT2D eigenvalue weighted by molar-refractivity contribution is 5.96. The fourth-order valence-electron chi connectivity index (χ4n) is 4.01. The number of hydrogen-bond donors (Lipinski definition) is 2. The summed E-state index contributed by atoms with van der Waals surface area (Å²) < 4.78 is 5.95. The highest BCUT2D eigenvalue weighted by Crippen LogP contribution is 2.41. The zero-order valence-electron chi connectivity index (χ0n) is 17.3. The number of benzene rings is 3. The highest BCUT2D eigenvalue weighted by atomic mass is 16.5. The largest absolute Gasteiger partial charge is 0.489 e. The smallest absolute Gasteiger partial charge is 0.226 e. The van der Waals surface area contributed by atoms with Gasteiger partial charge in [-0.1, -0.05) is 72.3 Å². The number of H-pyrrole nitrogens is 1. The van der Waals surface area contributed by atoms with Gasteiger partial charge in [-0.05, 0) is 35.7 Å². The van der Waals surface area contributed by atoms with E-state index in [9.17, 15) is 4.79 Å². The number of ether oxygens (including phenoxy) is 1. The Labute approximate surface area is 181 Å². The molecular weight excluding hydrogens is 386 g/mol. The van der Waals surface area contributed by atoms with Crippen molar-refractivity contribution >= 4 is 11.7 Å². The van der Waals surface area contributed by atoms with E-state index in [1.807, 2.05) is 54.6 Å². The van der Waals surface area contributed by atoms with Crippen molar-refractivity contribution in [3.8, 4) is 17.0 Å². The second-order valence-electron chi connectivity index (χ2n) is 7.88. The maximum Gasteiger partial charge on any atom is 0.226 e. The van der Waals surface area contributed by atoms with Gasteiger partial charge in [0.1, 0.15) is 12.4 Å². The first kappa shape index (κ1) is 19.1. The third-order valence-electron chi connectivity index (χ3n) is 5.67. The highest BCUT2D eigenvalue weighted by Gasteiger charge is 2.31. The van der Waals surface area contributed by atoms with Crippen LogP contribution in [0.15, 0.2) is 78.9 Å². The van der Waals surface area contributed by atoms with Crippen LogP contribution in [-0.4, -0.2) is 16.1 Å². The van der Waals surface area contributed by atoms with Crippen molar-refractivity contribution in [2.75, 3.05) is 5.32 Å². The van der Waals surface area contributed by atoms with Crippen LogP contribution in [0.3, 0.4) is 0 Å². The van der Waals surface area contributed by atoms with E-state index in [4.69, 9.17) is 4.74 Å². The van der Waals surface area contributed by atoms with Gasteiger partial charge in [0.05, 0.1) is 5.69 Å². The Morgan fingerprint density at radius 1 is 0.968 bits per heavy atom. The number of aromatic nitrogens is 2. The molecule has 1 aromatic heterocycles. The van der Waals surface area contributed by atoms with Crippen molar-refractivity contribution in [1.82, 2.24) is 10.2 Å². The molecular formula is C26H23N3O2. The predicted molar refractivity (Wildman–Crippen MR) is 121 cm³/mol. The summed E-state index contributed by atoms with van der Waals surface area (Å²) in [6, 6.07) is 26.4. The molecule has 0 radical (unpaired) electrons. The number of fused-ring (bicyclic) bond motifs is 1. The van der Waals surface area contributed by atoms with E-state index in [1.54, 1.807) is 0 Å². The Morgan fingerprint density at radius 3 is 2.45 bits per heavy atom. The summed E-state index contributed by atoms with van der Waals surface area (Å²) in [5.74, 6) is 1.33. The molecule has 1 aliphatic rings. The lowest BCUT2D eigenvalue weighted by molar-refractivity contribution is -0.116. The van der Waals surface area contributed by atoms with E-state index in [2.05, 4.69) is 46.7 Å². The molecule has 4 aromatic rings. The average molecular weight is 409 g/mol. The van der Waals surface area contributed by atoms with Crippen molar-refractivity contribution < 1.29 is 9.53 Å². The first-order valence-corrected chi connectivity index (χ1v) is 10.4. The third-order valence-corrected chi connectivity index (χ3v) is 5.67. The fraction of sp³-hybridized carbons (Fsp3) is 0.154. The Bertz CT molecular complexity index is 1200. The zero-order valence-corrected chi connectivity index (χ0v) is 17.3. The number of hydrogen-bond acceptors (Lipinski definition) is 3. The molecule has 5 rings (SSSR count). The number of nitrogens with one attached hydrogen (secondary N) is 2. The minimum Gasteiger partial charge on any atom is -0.489 e. The minimum absolute atomic E-state index is 0.0247. The summed E-state index contributed by atoms with van der Waals surface area (Å²) in [7, 11) is 0. The molecule has 0 saturated carbocycles. The molecule has 0 bridgehead atoms. The molecule has 5 heteroatoms. The van der Waals surface area contributed by atoms with Gasteiger partial charge in [0.2, 0.25) is 5.91 Å². The van der Waals surface area contributed by atoms with Gasteiger partial charge in [-0.3, -0.25) is 9.89 Å². The molecule has 2 heterocycles. The van der Waals surface area contributed by atoms with Crippen LogP contribution in [-0.2, 0) is 11.4 Å². The van der Waals surface area contributed by atoms with Crippen LogP contribution in [0, 0.1) is 6.92 Å². The van der Waals surface area contributed by atoms with Crippen LogP contribution in [0.5, 0.6) is 5.75 Å². The molecule has 0 spiro atoms. The van der Waals surface area contributed by atoms with E-state index >= 15 is 0 Å². The Hall–Kier alpha value is -3.86. The summed E-state index contributed by atoms with van der Waals surface area (Å²) in [4.78, 5) is 12.3. The molecule has 2 N–H and O–H groups in total. The third kappa shape index (κ3) is 3.94. The molecule has 5 nitrogen and oxygen atoms in total. The van der Waals surface area contributed by atoms with E-state index in [-0.39, 0.29) is 11.8 Å². The molecule has 0 fully saturated rings. The molecule has 1 aliphatic heterocycles. The zero-order chi connectivity index (χ0) is 21.2. The van der Waals surface area contributed by atoms with Gasteiger partial charge in [0.25, 0.3) is 0 Å². The molecule has 1 amide bonds. The van der Waals surface area contributed by atoms with Crippen molar-refractivity contribution in [1.29, 1.82) is 0 Å². The number of carbonyl (C=O) groups is 1. The first-order chi connectivity index (χ1) is 15.2. The van der Waals surface area contributed by atoms with Crippen molar-refractivity contribution in [2.24, 2.45) is 0 Å². The molecule has 1 atom stereocenters. The number of rotatable bonds is 5. The summed E-state index contributed by atoms with van der Waals surface area (Å²) in [5, 5.41) is 10.4. The number of carbonyl (C=O) groups excluding carboxylic acids is 1. The fourth-order valence-corrected chi connectivity index (χ4v) is 4.01. The monoisotopic (exact) mass is 409 g/mol. The lowest BCUT2D eigenvalue weighted by atomic mass is 9.84. The lowest BCUT2D eigenvalue weighted by Crippen LogP contribution is -2.23. The van der Waals surface area contributed by atoms with Gasteiger partial charge in [0, 0.05) is 17.9 Å². The van der Waals surface area contributed by atoms with Gasteiger partial charge in [-0.25, -0.2) is 0 Å². The molecule has 0 saturated heterocycles. The molecule has 3 aromatic carbocycles.